The van der Waals surface area contributed by atoms with Gasteiger partial charge in [0.1, 0.15) is 0 Å². The minimum atomic E-state index is 0.806. The highest BCUT2D eigenvalue weighted by molar-refractivity contribution is 7.30. The highest BCUT2D eigenvalue weighted by Crippen LogP contribution is 2.40. The molecule has 3 heterocycles. The molecule has 0 bridgehead atoms. The Hall–Kier alpha value is -1.46. The maximum Gasteiger partial charge on any atom is 0.175 e. The van der Waals surface area contributed by atoms with E-state index < -0.39 is 0 Å². The van der Waals surface area contributed by atoms with Crippen molar-refractivity contribution >= 4 is 32.1 Å². The number of rotatable bonds is 10. The van der Waals surface area contributed by atoms with Crippen LogP contribution < -0.4 is 4.74 Å². The summed E-state index contributed by atoms with van der Waals surface area (Å²) >= 11 is 3.46. The second-order valence-corrected chi connectivity index (χ2v) is 8.46. The fourth-order valence-corrected chi connectivity index (χ4v) is 4.89. The first kappa shape index (κ1) is 18.3. The fourth-order valence-electron chi connectivity index (χ4n) is 2.68. The van der Waals surface area contributed by atoms with Crippen molar-refractivity contribution in [3.63, 3.8) is 0 Å². The average molecular weight is 375 g/mol. The van der Waals surface area contributed by atoms with Crippen molar-refractivity contribution in [3.05, 3.63) is 30.1 Å². The average Bonchev–Trinajstić information content (AvgIpc) is 3.18. The van der Waals surface area contributed by atoms with Crippen LogP contribution in [0.15, 0.2) is 24.5 Å². The molecule has 25 heavy (non-hydrogen) atoms. The van der Waals surface area contributed by atoms with Crippen LogP contribution >= 0.6 is 22.7 Å². The molecule has 0 aliphatic carbocycles. The van der Waals surface area contributed by atoms with E-state index in [0.29, 0.717) is 0 Å². The van der Waals surface area contributed by atoms with Crippen molar-refractivity contribution in [2.75, 3.05) is 6.61 Å². The van der Waals surface area contributed by atoms with Crippen molar-refractivity contribution in [2.45, 2.75) is 58.8 Å². The van der Waals surface area contributed by atoms with Gasteiger partial charge in [-0.2, -0.15) is 0 Å². The van der Waals surface area contributed by atoms with Crippen LogP contribution in [0.2, 0.25) is 0 Å². The molecule has 0 N–H and O–H groups in total. The molecule has 0 amide bonds. The van der Waals surface area contributed by atoms with Gasteiger partial charge in [0.25, 0.3) is 0 Å². The summed E-state index contributed by atoms with van der Waals surface area (Å²) in [6.45, 7) is 5.23. The normalized spacial score (nSPS) is 11.3. The van der Waals surface area contributed by atoms with Gasteiger partial charge in [-0.1, -0.05) is 50.9 Å². The van der Waals surface area contributed by atoms with Gasteiger partial charge in [0, 0.05) is 27.9 Å². The first-order chi connectivity index (χ1) is 12.3. The van der Waals surface area contributed by atoms with E-state index in [1.165, 1.54) is 40.6 Å². The molecular formula is C20H26N2OS2. The van der Waals surface area contributed by atoms with Crippen LogP contribution in [0.3, 0.4) is 0 Å². The van der Waals surface area contributed by atoms with E-state index >= 15 is 0 Å². The molecule has 3 rings (SSSR count). The first-order valence-corrected chi connectivity index (χ1v) is 10.9. The number of aryl methyl sites for hydroxylation is 1. The van der Waals surface area contributed by atoms with Crippen molar-refractivity contribution in [2.24, 2.45) is 0 Å². The fraction of sp³-hybridized carbons (Fsp3) is 0.500. The van der Waals surface area contributed by atoms with Crippen LogP contribution in [0, 0.1) is 0 Å². The van der Waals surface area contributed by atoms with E-state index in [0.717, 1.165) is 41.6 Å². The number of nitrogens with zero attached hydrogens (tertiary/aromatic N) is 2. The molecule has 0 aliphatic heterocycles. The molecule has 3 nitrogen and oxygen atoms in total. The van der Waals surface area contributed by atoms with E-state index in [4.69, 9.17) is 4.74 Å². The summed E-state index contributed by atoms with van der Waals surface area (Å²) in [5.41, 5.74) is 1.24. The molecule has 3 aromatic heterocycles. The number of ether oxygens (including phenoxy) is 1. The van der Waals surface area contributed by atoms with Gasteiger partial charge in [0.05, 0.1) is 11.5 Å². The Morgan fingerprint density at radius 3 is 2.36 bits per heavy atom. The van der Waals surface area contributed by atoms with Crippen LogP contribution in [0.1, 0.15) is 57.9 Å². The largest absolute Gasteiger partial charge is 0.484 e. The smallest absolute Gasteiger partial charge is 0.175 e. The zero-order chi connectivity index (χ0) is 17.5. The van der Waals surface area contributed by atoms with E-state index in [1.807, 2.05) is 12.4 Å². The standard InChI is InChI=1S/C20H26N2OS2/c1-3-5-7-8-9-15-13-21-20(22-14-15)18-11-16-17(24-18)12-19(25-16)23-10-6-4-2/h11-14H,3-10H2,1-2H3. The summed E-state index contributed by atoms with van der Waals surface area (Å²) in [6, 6.07) is 4.33. The molecule has 0 radical (unpaired) electrons. The van der Waals surface area contributed by atoms with Gasteiger partial charge >= 0.3 is 0 Å². The van der Waals surface area contributed by atoms with Gasteiger partial charge in [-0.15, -0.1) is 11.3 Å². The van der Waals surface area contributed by atoms with Crippen LogP contribution in [0.5, 0.6) is 5.06 Å². The molecule has 5 heteroatoms. The first-order valence-electron chi connectivity index (χ1n) is 9.27. The maximum atomic E-state index is 5.80. The van der Waals surface area contributed by atoms with Gasteiger partial charge in [-0.05, 0) is 30.9 Å². The van der Waals surface area contributed by atoms with Gasteiger partial charge < -0.3 is 4.74 Å². The molecule has 0 unspecified atom stereocenters. The molecule has 0 spiro atoms. The molecule has 0 saturated heterocycles. The van der Waals surface area contributed by atoms with Gasteiger partial charge in [-0.3, -0.25) is 0 Å². The van der Waals surface area contributed by atoms with Gasteiger partial charge in [-0.25, -0.2) is 9.97 Å². The lowest BCUT2D eigenvalue weighted by Crippen LogP contribution is -1.93. The van der Waals surface area contributed by atoms with E-state index in [1.54, 1.807) is 22.7 Å². The molecule has 0 atom stereocenters. The second kappa shape index (κ2) is 9.30. The van der Waals surface area contributed by atoms with E-state index in [-0.39, 0.29) is 0 Å². The summed E-state index contributed by atoms with van der Waals surface area (Å²) in [4.78, 5) is 10.3. The highest BCUT2D eigenvalue weighted by Gasteiger charge is 2.11. The Morgan fingerprint density at radius 1 is 0.880 bits per heavy atom. The Bertz CT molecular complexity index is 745. The number of thiophene rings is 2. The lowest BCUT2D eigenvalue weighted by Gasteiger charge is -2.02. The van der Waals surface area contributed by atoms with Crippen LogP contribution in [0.4, 0.5) is 0 Å². The molecule has 0 saturated carbocycles. The third-order valence-electron chi connectivity index (χ3n) is 4.17. The topological polar surface area (TPSA) is 35.0 Å². The number of fused-ring (bicyclic) bond motifs is 1. The zero-order valence-corrected chi connectivity index (χ0v) is 16.7. The van der Waals surface area contributed by atoms with Crippen LogP contribution in [0.25, 0.3) is 20.1 Å². The van der Waals surface area contributed by atoms with Crippen LogP contribution in [-0.2, 0) is 6.42 Å². The molecule has 134 valence electrons. The second-order valence-electron chi connectivity index (χ2n) is 6.33. The van der Waals surface area contributed by atoms with E-state index in [9.17, 15) is 0 Å². The summed E-state index contributed by atoms with van der Waals surface area (Å²) in [6.07, 6.45) is 12.4. The molecule has 3 aromatic rings. The predicted molar refractivity (Wildman–Crippen MR) is 109 cm³/mol. The van der Waals surface area contributed by atoms with Crippen LogP contribution in [-0.4, -0.2) is 16.6 Å². The maximum absolute atomic E-state index is 5.80. The molecule has 0 fully saturated rings. The lowest BCUT2D eigenvalue weighted by atomic mass is 10.1. The predicted octanol–water partition coefficient (Wildman–Crippen LogP) is 6.72. The third-order valence-corrected chi connectivity index (χ3v) is 6.37. The number of unbranched alkanes of at least 4 members (excludes halogenated alkanes) is 4. The minimum absolute atomic E-state index is 0.806. The Kier molecular flexibility index (Phi) is 6.82. The van der Waals surface area contributed by atoms with Crippen molar-refractivity contribution in [3.8, 4) is 15.8 Å². The summed E-state index contributed by atoms with van der Waals surface area (Å²) in [5.74, 6) is 0.833. The number of aromatic nitrogens is 2. The van der Waals surface area contributed by atoms with Gasteiger partial charge in [0.15, 0.2) is 10.9 Å². The summed E-state index contributed by atoms with van der Waals surface area (Å²) in [5, 5.41) is 1.02. The van der Waals surface area contributed by atoms with Crippen molar-refractivity contribution in [1.29, 1.82) is 0 Å². The molecule has 0 aliphatic rings. The lowest BCUT2D eigenvalue weighted by molar-refractivity contribution is 0.318. The van der Waals surface area contributed by atoms with Gasteiger partial charge in [0.2, 0.25) is 0 Å². The van der Waals surface area contributed by atoms with Crippen molar-refractivity contribution < 1.29 is 4.74 Å². The Labute approximate surface area is 158 Å². The third kappa shape index (κ3) is 5.02. The SMILES string of the molecule is CCCCCCc1cnc(-c2cc3sc(OCCCC)cc3s2)nc1. The zero-order valence-electron chi connectivity index (χ0n) is 15.1. The Morgan fingerprint density at radius 2 is 1.64 bits per heavy atom. The number of hydrogen-bond donors (Lipinski definition) is 0. The highest BCUT2D eigenvalue weighted by atomic mass is 32.1. The molecular weight excluding hydrogens is 348 g/mol. The van der Waals surface area contributed by atoms with E-state index in [2.05, 4.69) is 35.9 Å². The molecule has 0 aromatic carbocycles. The monoisotopic (exact) mass is 374 g/mol. The quantitative estimate of drug-likeness (QED) is 0.369. The summed E-state index contributed by atoms with van der Waals surface area (Å²) < 4.78 is 8.33. The Balaban J connectivity index is 1.62. The van der Waals surface area contributed by atoms with Crippen molar-refractivity contribution in [1.82, 2.24) is 9.97 Å². The minimum Gasteiger partial charge on any atom is -0.484 e. The number of hydrogen-bond acceptors (Lipinski definition) is 5. The summed E-state index contributed by atoms with van der Waals surface area (Å²) in [7, 11) is 0.